The summed E-state index contributed by atoms with van der Waals surface area (Å²) in [7, 11) is 2.10. The molecule has 0 atom stereocenters. The Hall–Kier alpha value is -3.30. The van der Waals surface area contributed by atoms with Crippen LogP contribution in [0.4, 0.5) is 20.3 Å². The summed E-state index contributed by atoms with van der Waals surface area (Å²) in [5, 5.41) is 10.4. The van der Waals surface area contributed by atoms with Gasteiger partial charge in [-0.15, -0.1) is 0 Å². The fraction of sp³-hybridized carbons (Fsp3) is 0.385. The molecular weight excluding hydrogens is 450 g/mol. The summed E-state index contributed by atoms with van der Waals surface area (Å²) in [4.78, 5) is 19.9. The summed E-state index contributed by atoms with van der Waals surface area (Å²) in [5.41, 5.74) is 3.03. The Bertz CT molecular complexity index is 1250. The van der Waals surface area contributed by atoms with Crippen LogP contribution in [0.2, 0.25) is 0 Å². The van der Waals surface area contributed by atoms with Crippen LogP contribution in [0.1, 0.15) is 41.0 Å². The highest BCUT2D eigenvalue weighted by atomic mass is 19.2. The van der Waals surface area contributed by atoms with Crippen LogP contribution in [0, 0.1) is 11.6 Å². The topological polar surface area (TPSA) is 67.5 Å². The highest BCUT2D eigenvalue weighted by Crippen LogP contribution is 2.41. The van der Waals surface area contributed by atoms with Gasteiger partial charge in [-0.3, -0.25) is 14.8 Å². The first-order valence-corrected chi connectivity index (χ1v) is 11.8. The van der Waals surface area contributed by atoms with Gasteiger partial charge in [0.25, 0.3) is 5.91 Å². The van der Waals surface area contributed by atoms with Gasteiger partial charge >= 0.3 is 0 Å². The minimum Gasteiger partial charge on any atom is -0.368 e. The number of nitrogens with zero attached hydrogens (tertiary/aromatic N) is 4. The Balaban J connectivity index is 1.36. The molecule has 1 amide bonds. The van der Waals surface area contributed by atoms with Crippen LogP contribution in [-0.2, 0) is 18.6 Å². The molecule has 184 valence electrons. The van der Waals surface area contributed by atoms with Gasteiger partial charge in [0.2, 0.25) is 0 Å². The minimum absolute atomic E-state index is 0.221. The first-order chi connectivity index (χ1) is 16.8. The van der Waals surface area contributed by atoms with E-state index in [2.05, 4.69) is 32.4 Å². The molecule has 3 heterocycles. The third-order valence-corrected chi connectivity index (χ3v) is 7.24. The van der Waals surface area contributed by atoms with E-state index in [1.54, 1.807) is 6.07 Å². The number of nitrogens with one attached hydrogen (secondary N) is 2. The molecule has 3 aromatic rings. The van der Waals surface area contributed by atoms with Crippen molar-refractivity contribution < 1.29 is 13.6 Å². The highest BCUT2D eigenvalue weighted by Gasteiger charge is 2.41. The van der Waals surface area contributed by atoms with Crippen molar-refractivity contribution in [3.63, 3.8) is 0 Å². The Morgan fingerprint density at radius 3 is 2.60 bits per heavy atom. The summed E-state index contributed by atoms with van der Waals surface area (Å²) < 4.78 is 28.1. The lowest BCUT2D eigenvalue weighted by Crippen LogP contribution is -2.45. The van der Waals surface area contributed by atoms with Gasteiger partial charge in [0, 0.05) is 56.1 Å². The summed E-state index contributed by atoms with van der Waals surface area (Å²) >= 11 is 0. The average molecular weight is 481 g/mol. The Kier molecular flexibility index (Phi) is 6.06. The number of piperazine rings is 1. The number of para-hydroxylation sites is 1. The zero-order chi connectivity index (χ0) is 24.7. The van der Waals surface area contributed by atoms with E-state index in [1.165, 1.54) is 6.07 Å². The molecule has 0 bridgehead atoms. The number of anilines is 2. The summed E-state index contributed by atoms with van der Waals surface area (Å²) in [5.74, 6) is -1.44. The molecule has 1 saturated heterocycles. The zero-order valence-corrected chi connectivity index (χ0v) is 20.2. The lowest BCUT2D eigenvalue weighted by molar-refractivity contribution is 0.102. The van der Waals surface area contributed by atoms with Crippen molar-refractivity contribution in [3.05, 3.63) is 76.5 Å². The fourth-order valence-corrected chi connectivity index (χ4v) is 4.97. The lowest BCUT2D eigenvalue weighted by Gasteiger charge is -2.34. The standard InChI is InChI=1S/C26H30F2N6O/c1-26(2)23-19(16-34(26)15-17-7-6-9-20(27)22(17)28)24(31-30-23)29-25(35)18-8-4-5-10-21(18)33-13-11-32(3)12-14-33/h4-10H,11-16H2,1-3H3,(H2,29,30,31,35). The van der Waals surface area contributed by atoms with Gasteiger partial charge in [0.15, 0.2) is 17.5 Å². The maximum atomic E-state index is 14.3. The van der Waals surface area contributed by atoms with Crippen molar-refractivity contribution in [2.24, 2.45) is 0 Å². The van der Waals surface area contributed by atoms with E-state index in [1.807, 2.05) is 43.0 Å². The van der Waals surface area contributed by atoms with E-state index in [0.29, 0.717) is 23.5 Å². The highest BCUT2D eigenvalue weighted by molar-refractivity contribution is 6.08. The van der Waals surface area contributed by atoms with Crippen molar-refractivity contribution in [2.75, 3.05) is 43.4 Å². The zero-order valence-electron chi connectivity index (χ0n) is 20.2. The van der Waals surface area contributed by atoms with E-state index in [9.17, 15) is 13.6 Å². The number of aromatic nitrogens is 2. The molecule has 2 aliphatic rings. The number of carbonyl (C=O) groups is 1. The maximum Gasteiger partial charge on any atom is 0.258 e. The van der Waals surface area contributed by atoms with Crippen molar-refractivity contribution in [1.29, 1.82) is 0 Å². The molecule has 5 rings (SSSR count). The Labute approximate surface area is 203 Å². The number of H-pyrrole nitrogens is 1. The predicted octanol–water partition coefficient (Wildman–Crippen LogP) is 3.94. The molecule has 1 fully saturated rings. The van der Waals surface area contributed by atoms with Gasteiger partial charge in [0.1, 0.15) is 0 Å². The maximum absolute atomic E-state index is 14.3. The molecule has 0 saturated carbocycles. The van der Waals surface area contributed by atoms with Crippen molar-refractivity contribution in [2.45, 2.75) is 32.5 Å². The molecule has 0 spiro atoms. The number of carbonyl (C=O) groups excluding carboxylic acids is 1. The van der Waals surface area contributed by atoms with E-state index in [0.717, 1.165) is 49.2 Å². The molecule has 0 radical (unpaired) electrons. The quantitative estimate of drug-likeness (QED) is 0.579. The second kappa shape index (κ2) is 9.05. The van der Waals surface area contributed by atoms with Crippen LogP contribution < -0.4 is 10.2 Å². The van der Waals surface area contributed by atoms with Crippen LogP contribution in [0.25, 0.3) is 0 Å². The smallest absolute Gasteiger partial charge is 0.258 e. The molecule has 0 aliphatic carbocycles. The average Bonchev–Trinajstić information content (AvgIpc) is 3.35. The largest absolute Gasteiger partial charge is 0.368 e. The number of hydrogen-bond donors (Lipinski definition) is 2. The van der Waals surface area contributed by atoms with E-state index in [4.69, 9.17) is 0 Å². The monoisotopic (exact) mass is 480 g/mol. The SMILES string of the molecule is CN1CCN(c2ccccc2C(=O)Nc2n[nH]c3c2CN(Cc2cccc(F)c2F)C3(C)C)CC1. The third kappa shape index (κ3) is 4.30. The Morgan fingerprint density at radius 1 is 1.09 bits per heavy atom. The van der Waals surface area contributed by atoms with Gasteiger partial charge in [-0.2, -0.15) is 5.10 Å². The van der Waals surface area contributed by atoms with E-state index < -0.39 is 17.2 Å². The lowest BCUT2D eigenvalue weighted by atomic mass is 10.00. The molecule has 2 aromatic carbocycles. The molecule has 0 unspecified atom stereocenters. The number of likely N-dealkylation sites (N-methyl/N-ethyl adjacent to an activating group) is 1. The minimum atomic E-state index is -0.855. The summed E-state index contributed by atoms with van der Waals surface area (Å²) in [6, 6.07) is 11.9. The number of hydrogen-bond acceptors (Lipinski definition) is 5. The van der Waals surface area contributed by atoms with E-state index in [-0.39, 0.29) is 12.5 Å². The third-order valence-electron chi connectivity index (χ3n) is 7.24. The number of aromatic amines is 1. The van der Waals surface area contributed by atoms with Crippen LogP contribution in [0.3, 0.4) is 0 Å². The van der Waals surface area contributed by atoms with E-state index >= 15 is 0 Å². The molecule has 35 heavy (non-hydrogen) atoms. The second-order valence-electron chi connectivity index (χ2n) is 9.82. The first-order valence-electron chi connectivity index (χ1n) is 11.8. The van der Waals surface area contributed by atoms with Gasteiger partial charge in [-0.05, 0) is 39.1 Å². The number of benzene rings is 2. The number of rotatable bonds is 5. The molecule has 9 heteroatoms. The predicted molar refractivity (Wildman–Crippen MR) is 131 cm³/mol. The van der Waals surface area contributed by atoms with Crippen LogP contribution in [-0.4, -0.2) is 59.1 Å². The van der Waals surface area contributed by atoms with Gasteiger partial charge in [-0.25, -0.2) is 8.78 Å². The molecular formula is C26H30F2N6O. The van der Waals surface area contributed by atoms with Gasteiger partial charge in [-0.1, -0.05) is 24.3 Å². The number of halogens is 2. The molecule has 1 aromatic heterocycles. The second-order valence-corrected chi connectivity index (χ2v) is 9.82. The normalized spacial score (nSPS) is 18.0. The number of amides is 1. The Morgan fingerprint density at radius 2 is 1.83 bits per heavy atom. The molecule has 2 N–H and O–H groups in total. The van der Waals surface area contributed by atoms with Gasteiger partial charge < -0.3 is 15.1 Å². The first kappa shape index (κ1) is 23.4. The molecule has 2 aliphatic heterocycles. The fourth-order valence-electron chi connectivity index (χ4n) is 4.97. The van der Waals surface area contributed by atoms with Crippen LogP contribution in [0.15, 0.2) is 42.5 Å². The van der Waals surface area contributed by atoms with Crippen molar-refractivity contribution >= 4 is 17.4 Å². The molecule has 7 nitrogen and oxygen atoms in total. The summed E-state index contributed by atoms with van der Waals surface area (Å²) in [6.45, 7) is 8.30. The van der Waals surface area contributed by atoms with Crippen LogP contribution >= 0.6 is 0 Å². The van der Waals surface area contributed by atoms with Crippen molar-refractivity contribution in [3.8, 4) is 0 Å². The van der Waals surface area contributed by atoms with Gasteiger partial charge in [0.05, 0.1) is 16.8 Å². The van der Waals surface area contributed by atoms with Crippen LogP contribution in [0.5, 0.6) is 0 Å². The number of fused-ring (bicyclic) bond motifs is 1. The summed E-state index contributed by atoms with van der Waals surface area (Å²) in [6.07, 6.45) is 0. The van der Waals surface area contributed by atoms with Crippen molar-refractivity contribution in [1.82, 2.24) is 20.0 Å².